The van der Waals surface area contributed by atoms with Gasteiger partial charge < -0.3 is 4.74 Å². The molecule has 2 heteroatoms. The minimum Gasteiger partial charge on any atom is -0.381 e. The summed E-state index contributed by atoms with van der Waals surface area (Å²) in [6.45, 7) is 3.35. The molecule has 0 radical (unpaired) electrons. The van der Waals surface area contributed by atoms with E-state index < -0.39 is 0 Å². The number of likely N-dealkylation sites (tertiary alicyclic amines) is 1. The third-order valence-corrected chi connectivity index (χ3v) is 3.34. The highest BCUT2D eigenvalue weighted by atomic mass is 16.5. The molecule has 0 saturated carbocycles. The first-order chi connectivity index (χ1) is 8.38. The molecule has 1 aromatic rings. The van der Waals surface area contributed by atoms with Crippen LogP contribution < -0.4 is 0 Å². The molecule has 17 heavy (non-hydrogen) atoms. The summed E-state index contributed by atoms with van der Waals surface area (Å²) in [7, 11) is 1.82. The summed E-state index contributed by atoms with van der Waals surface area (Å²) in [6, 6.07) is 10.5. The summed E-state index contributed by atoms with van der Waals surface area (Å²) in [5.41, 5.74) is 1.28. The Morgan fingerprint density at radius 2 is 1.94 bits per heavy atom. The molecule has 0 atom stereocenters. The van der Waals surface area contributed by atoms with Gasteiger partial charge in [0.1, 0.15) is 0 Å². The monoisotopic (exact) mass is 231 g/mol. The highest BCUT2D eigenvalue weighted by Crippen LogP contribution is 2.12. The van der Waals surface area contributed by atoms with Gasteiger partial charge in [0.15, 0.2) is 0 Å². The van der Waals surface area contributed by atoms with Crippen molar-refractivity contribution in [3.05, 3.63) is 42.0 Å². The van der Waals surface area contributed by atoms with Crippen LogP contribution in [-0.2, 0) is 4.74 Å². The molecule has 2 nitrogen and oxygen atoms in total. The third-order valence-electron chi connectivity index (χ3n) is 3.34. The number of benzene rings is 1. The van der Waals surface area contributed by atoms with Gasteiger partial charge in [0.2, 0.25) is 0 Å². The van der Waals surface area contributed by atoms with E-state index in [2.05, 4.69) is 41.3 Å². The van der Waals surface area contributed by atoms with Gasteiger partial charge in [0.05, 0.1) is 6.10 Å². The maximum atomic E-state index is 5.37. The maximum absolute atomic E-state index is 5.37. The molecule has 1 saturated heterocycles. The van der Waals surface area contributed by atoms with Crippen LogP contribution in [0.2, 0.25) is 0 Å². The molecular weight excluding hydrogens is 210 g/mol. The van der Waals surface area contributed by atoms with Crippen molar-refractivity contribution >= 4 is 6.08 Å². The SMILES string of the molecule is COC1CCN(C/C=C/c2ccccc2)CC1. The number of piperidine rings is 1. The fourth-order valence-corrected chi connectivity index (χ4v) is 2.23. The molecule has 1 fully saturated rings. The van der Waals surface area contributed by atoms with Crippen LogP contribution in [0.5, 0.6) is 0 Å². The minimum absolute atomic E-state index is 0.476. The van der Waals surface area contributed by atoms with Crippen LogP contribution in [0.25, 0.3) is 6.08 Å². The second-order valence-electron chi connectivity index (χ2n) is 4.55. The largest absolute Gasteiger partial charge is 0.381 e. The Balaban J connectivity index is 1.74. The van der Waals surface area contributed by atoms with Gasteiger partial charge >= 0.3 is 0 Å². The van der Waals surface area contributed by atoms with E-state index in [-0.39, 0.29) is 0 Å². The summed E-state index contributed by atoms with van der Waals surface area (Å²) < 4.78 is 5.37. The van der Waals surface area contributed by atoms with Gasteiger partial charge in [-0.3, -0.25) is 4.90 Å². The first-order valence-corrected chi connectivity index (χ1v) is 6.35. The average Bonchev–Trinajstić information content (AvgIpc) is 2.41. The summed E-state index contributed by atoms with van der Waals surface area (Å²) in [6.07, 6.45) is 7.25. The van der Waals surface area contributed by atoms with Crippen LogP contribution >= 0.6 is 0 Å². The second kappa shape index (κ2) is 6.58. The van der Waals surface area contributed by atoms with Crippen LogP contribution in [-0.4, -0.2) is 37.7 Å². The van der Waals surface area contributed by atoms with Gasteiger partial charge in [-0.15, -0.1) is 0 Å². The van der Waals surface area contributed by atoms with Crippen molar-refractivity contribution < 1.29 is 4.74 Å². The molecular formula is C15H21NO. The van der Waals surface area contributed by atoms with Gasteiger partial charge in [0.25, 0.3) is 0 Å². The number of hydrogen-bond donors (Lipinski definition) is 0. The van der Waals surface area contributed by atoms with Gasteiger partial charge in [-0.2, -0.15) is 0 Å². The van der Waals surface area contributed by atoms with Crippen molar-refractivity contribution in [1.29, 1.82) is 0 Å². The normalized spacial score (nSPS) is 18.9. The van der Waals surface area contributed by atoms with E-state index in [1.54, 1.807) is 0 Å². The lowest BCUT2D eigenvalue weighted by molar-refractivity contribution is 0.0445. The zero-order chi connectivity index (χ0) is 11.9. The first kappa shape index (κ1) is 12.3. The van der Waals surface area contributed by atoms with Gasteiger partial charge in [-0.1, -0.05) is 42.5 Å². The Morgan fingerprint density at radius 3 is 2.59 bits per heavy atom. The van der Waals surface area contributed by atoms with Crippen molar-refractivity contribution in [2.75, 3.05) is 26.7 Å². The van der Waals surface area contributed by atoms with Crippen LogP contribution in [0.15, 0.2) is 36.4 Å². The molecule has 0 unspecified atom stereocenters. The Morgan fingerprint density at radius 1 is 1.24 bits per heavy atom. The van der Waals surface area contributed by atoms with Crippen LogP contribution in [0.1, 0.15) is 18.4 Å². The zero-order valence-electron chi connectivity index (χ0n) is 10.5. The lowest BCUT2D eigenvalue weighted by Crippen LogP contribution is -2.36. The molecule has 0 bridgehead atoms. The van der Waals surface area contributed by atoms with E-state index >= 15 is 0 Å². The molecule has 0 N–H and O–H groups in total. The Kier molecular flexibility index (Phi) is 4.77. The van der Waals surface area contributed by atoms with Crippen LogP contribution in [0.3, 0.4) is 0 Å². The minimum atomic E-state index is 0.476. The van der Waals surface area contributed by atoms with Crippen molar-refractivity contribution in [1.82, 2.24) is 4.90 Å². The van der Waals surface area contributed by atoms with E-state index in [9.17, 15) is 0 Å². The van der Waals surface area contributed by atoms with E-state index in [0.717, 1.165) is 32.5 Å². The first-order valence-electron chi connectivity index (χ1n) is 6.35. The molecule has 92 valence electrons. The maximum Gasteiger partial charge on any atom is 0.0595 e. The molecule has 1 aliphatic rings. The molecule has 0 spiro atoms. The highest BCUT2D eigenvalue weighted by molar-refractivity contribution is 5.48. The summed E-state index contributed by atoms with van der Waals surface area (Å²) in [5, 5.41) is 0. The molecule has 1 heterocycles. The van der Waals surface area contributed by atoms with E-state index in [1.165, 1.54) is 5.56 Å². The number of hydrogen-bond acceptors (Lipinski definition) is 2. The lowest BCUT2D eigenvalue weighted by atomic mass is 10.1. The van der Waals surface area contributed by atoms with Gasteiger partial charge in [-0.25, -0.2) is 0 Å². The summed E-state index contributed by atoms with van der Waals surface area (Å²) >= 11 is 0. The predicted octanol–water partition coefficient (Wildman–Crippen LogP) is 2.81. The van der Waals surface area contributed by atoms with Crippen molar-refractivity contribution in [3.63, 3.8) is 0 Å². The molecule has 1 aromatic carbocycles. The van der Waals surface area contributed by atoms with E-state index in [1.807, 2.05) is 13.2 Å². The Labute approximate surface area is 104 Å². The standard InChI is InChI=1S/C15H21NO/c1-17-15-9-12-16(13-10-15)11-5-8-14-6-3-2-4-7-14/h2-8,15H,9-13H2,1H3/b8-5+. The number of ether oxygens (including phenoxy) is 1. The second-order valence-corrected chi connectivity index (χ2v) is 4.55. The van der Waals surface area contributed by atoms with E-state index in [0.29, 0.717) is 6.10 Å². The van der Waals surface area contributed by atoms with Crippen molar-refractivity contribution in [3.8, 4) is 0 Å². The molecule has 2 rings (SSSR count). The highest BCUT2D eigenvalue weighted by Gasteiger charge is 2.17. The van der Waals surface area contributed by atoms with Gasteiger partial charge in [-0.05, 0) is 18.4 Å². The zero-order valence-corrected chi connectivity index (χ0v) is 10.5. The molecule has 0 aliphatic carbocycles. The summed E-state index contributed by atoms with van der Waals surface area (Å²) in [4.78, 5) is 2.48. The molecule has 1 aliphatic heterocycles. The van der Waals surface area contributed by atoms with Crippen molar-refractivity contribution in [2.24, 2.45) is 0 Å². The number of rotatable bonds is 4. The fourth-order valence-electron chi connectivity index (χ4n) is 2.23. The van der Waals surface area contributed by atoms with Crippen LogP contribution in [0, 0.1) is 0 Å². The smallest absolute Gasteiger partial charge is 0.0595 e. The Bertz CT molecular complexity index is 339. The molecule has 0 amide bonds. The number of nitrogens with zero attached hydrogens (tertiary/aromatic N) is 1. The molecule has 0 aromatic heterocycles. The third kappa shape index (κ3) is 3.99. The topological polar surface area (TPSA) is 12.5 Å². The average molecular weight is 231 g/mol. The van der Waals surface area contributed by atoms with E-state index in [4.69, 9.17) is 4.74 Å². The van der Waals surface area contributed by atoms with Crippen molar-refractivity contribution in [2.45, 2.75) is 18.9 Å². The lowest BCUT2D eigenvalue weighted by Gasteiger charge is -2.30. The van der Waals surface area contributed by atoms with Gasteiger partial charge in [0, 0.05) is 26.7 Å². The predicted molar refractivity (Wildman–Crippen MR) is 71.9 cm³/mol. The quantitative estimate of drug-likeness (QED) is 0.790. The van der Waals surface area contributed by atoms with Crippen LogP contribution in [0.4, 0.5) is 0 Å². The fraction of sp³-hybridized carbons (Fsp3) is 0.467. The number of methoxy groups -OCH3 is 1. The Hall–Kier alpha value is -1.12. The summed E-state index contributed by atoms with van der Waals surface area (Å²) in [5.74, 6) is 0.